The number of aromatic nitrogens is 2. The number of ether oxygens (including phenoxy) is 1. The Balaban J connectivity index is 1.42. The van der Waals surface area contributed by atoms with Gasteiger partial charge in [-0.25, -0.2) is 0 Å². The van der Waals surface area contributed by atoms with Crippen LogP contribution in [0.25, 0.3) is 22.2 Å². The maximum absolute atomic E-state index is 5.89. The highest BCUT2D eigenvalue weighted by molar-refractivity contribution is 5.81. The lowest BCUT2D eigenvalue weighted by Gasteiger charge is -2.14. The minimum absolute atomic E-state index is 0.391. The van der Waals surface area contributed by atoms with E-state index in [4.69, 9.17) is 11.2 Å². The average Bonchev–Trinajstić information content (AvgIpc) is 3.41. The third kappa shape index (κ3) is 3.43. The summed E-state index contributed by atoms with van der Waals surface area (Å²) >= 11 is 0. The molecule has 1 fully saturated rings. The van der Waals surface area contributed by atoms with Crippen molar-refractivity contribution in [2.75, 3.05) is 13.1 Å². The second-order valence-corrected chi connectivity index (χ2v) is 7.31. The summed E-state index contributed by atoms with van der Waals surface area (Å²) in [5.41, 5.74) is 4.37. The van der Waals surface area contributed by atoms with E-state index in [0.717, 1.165) is 53.2 Å². The van der Waals surface area contributed by atoms with Gasteiger partial charge < -0.3 is 14.2 Å². The topological polar surface area (TPSA) is 30.3 Å². The van der Waals surface area contributed by atoms with Gasteiger partial charge in [-0.15, -0.1) is 0 Å². The Morgan fingerprint density at radius 3 is 2.52 bits per heavy atom. The van der Waals surface area contributed by atoms with Crippen molar-refractivity contribution in [1.29, 1.82) is 0 Å². The summed E-state index contributed by atoms with van der Waals surface area (Å²) in [4.78, 5) is 6.71. The van der Waals surface area contributed by atoms with Gasteiger partial charge >= 0.3 is 0 Å². The summed E-state index contributed by atoms with van der Waals surface area (Å²) in [6.07, 6.45) is 10.7. The van der Waals surface area contributed by atoms with Crippen molar-refractivity contribution in [1.82, 2.24) is 14.5 Å². The molecule has 0 spiro atoms. The van der Waals surface area contributed by atoms with Gasteiger partial charge in [-0.05, 0) is 48.4 Å². The zero-order valence-corrected chi connectivity index (χ0v) is 16.0. The molecule has 2 aromatic carbocycles. The second-order valence-electron chi connectivity index (χ2n) is 7.31. The molecular formula is C25H21N3O. The van der Waals surface area contributed by atoms with Crippen molar-refractivity contribution in [3.63, 3.8) is 0 Å². The summed E-state index contributed by atoms with van der Waals surface area (Å²) < 4.78 is 8.21. The van der Waals surface area contributed by atoms with Gasteiger partial charge in [0.25, 0.3) is 0 Å². The zero-order valence-electron chi connectivity index (χ0n) is 16.0. The van der Waals surface area contributed by atoms with Gasteiger partial charge in [0.2, 0.25) is 0 Å². The highest BCUT2D eigenvalue weighted by Gasteiger charge is 2.23. The van der Waals surface area contributed by atoms with Crippen LogP contribution in [0.2, 0.25) is 0 Å². The van der Waals surface area contributed by atoms with E-state index in [9.17, 15) is 0 Å². The molecular weight excluding hydrogens is 358 g/mol. The van der Waals surface area contributed by atoms with E-state index < -0.39 is 0 Å². The number of hydrogen-bond acceptors (Lipinski definition) is 3. The first-order valence-electron chi connectivity index (χ1n) is 9.81. The number of pyridine rings is 1. The summed E-state index contributed by atoms with van der Waals surface area (Å²) in [6, 6.07) is 25.4. The minimum Gasteiger partial charge on any atom is -0.457 e. The zero-order chi connectivity index (χ0) is 19.6. The van der Waals surface area contributed by atoms with Crippen molar-refractivity contribution in [2.24, 2.45) is 0 Å². The average molecular weight is 379 g/mol. The van der Waals surface area contributed by atoms with Gasteiger partial charge in [0.15, 0.2) is 0 Å². The first-order chi connectivity index (χ1) is 14.3. The first kappa shape index (κ1) is 17.4. The Kier molecular flexibility index (Phi) is 4.42. The number of rotatable bonds is 4. The Bertz CT molecular complexity index is 1170. The van der Waals surface area contributed by atoms with Crippen LogP contribution in [0.4, 0.5) is 0 Å². The molecule has 0 saturated carbocycles. The molecule has 1 atom stereocenters. The maximum atomic E-state index is 5.89. The molecule has 0 amide bonds. The lowest BCUT2D eigenvalue weighted by molar-refractivity contribution is 0.459. The third-order valence-electron chi connectivity index (χ3n) is 5.47. The smallest absolute Gasteiger partial charge is 0.127 e. The van der Waals surface area contributed by atoms with Crippen molar-refractivity contribution >= 4 is 11.0 Å². The Labute approximate surface area is 170 Å². The molecule has 29 heavy (non-hydrogen) atoms. The molecule has 0 bridgehead atoms. The third-order valence-corrected chi connectivity index (χ3v) is 5.47. The normalized spacial score (nSPS) is 16.1. The molecule has 0 aliphatic carbocycles. The maximum Gasteiger partial charge on any atom is 0.127 e. The molecule has 1 saturated heterocycles. The van der Waals surface area contributed by atoms with Gasteiger partial charge in [-0.2, -0.15) is 0 Å². The number of hydrogen-bond donors (Lipinski definition) is 0. The van der Waals surface area contributed by atoms with E-state index in [-0.39, 0.29) is 0 Å². The molecule has 4 heteroatoms. The Morgan fingerprint density at radius 1 is 0.966 bits per heavy atom. The van der Waals surface area contributed by atoms with Gasteiger partial charge in [0.1, 0.15) is 11.5 Å². The van der Waals surface area contributed by atoms with Crippen LogP contribution in [0.15, 0.2) is 79.1 Å². The van der Waals surface area contributed by atoms with E-state index in [1.807, 2.05) is 53.6 Å². The molecule has 142 valence electrons. The second kappa shape index (κ2) is 7.37. The number of fused-ring (bicyclic) bond motifs is 1. The highest BCUT2D eigenvalue weighted by Crippen LogP contribution is 2.30. The van der Waals surface area contributed by atoms with Crippen molar-refractivity contribution in [3.8, 4) is 35.1 Å². The lowest BCUT2D eigenvalue weighted by Crippen LogP contribution is -2.15. The molecule has 1 unspecified atom stereocenters. The van der Waals surface area contributed by atoms with Crippen LogP contribution >= 0.6 is 0 Å². The SMILES string of the molecule is C#CN1CCC(n2ccc3ncc(-c4ccc(Oc5ccccc5)cc4)cc32)C1. The minimum atomic E-state index is 0.391. The van der Waals surface area contributed by atoms with Gasteiger partial charge in [0, 0.05) is 37.1 Å². The van der Waals surface area contributed by atoms with Crippen LogP contribution in [0, 0.1) is 12.5 Å². The fourth-order valence-corrected chi connectivity index (χ4v) is 3.93. The van der Waals surface area contributed by atoms with Gasteiger partial charge in [-0.1, -0.05) is 36.8 Å². The van der Waals surface area contributed by atoms with E-state index in [2.05, 4.69) is 46.1 Å². The van der Waals surface area contributed by atoms with Crippen LogP contribution in [0.5, 0.6) is 11.5 Å². The van der Waals surface area contributed by atoms with Crippen LogP contribution in [-0.4, -0.2) is 27.5 Å². The molecule has 4 nitrogen and oxygen atoms in total. The Hall–Kier alpha value is -3.71. The first-order valence-corrected chi connectivity index (χ1v) is 9.81. The number of likely N-dealkylation sites (tertiary alicyclic amines) is 1. The lowest BCUT2D eigenvalue weighted by atomic mass is 10.1. The monoisotopic (exact) mass is 379 g/mol. The van der Waals surface area contributed by atoms with Gasteiger partial charge in [0.05, 0.1) is 17.1 Å². The van der Waals surface area contributed by atoms with E-state index in [1.165, 1.54) is 0 Å². The molecule has 2 aromatic heterocycles. The standard InChI is InChI=1S/C25H21N3O/c1-2-27-14-12-21(18-27)28-15-13-24-25(28)16-20(17-26-24)19-8-10-23(11-9-19)29-22-6-4-3-5-7-22/h1,3-11,13,15-17,21H,12,14,18H2. The van der Waals surface area contributed by atoms with Gasteiger partial charge in [-0.3, -0.25) is 4.98 Å². The number of benzene rings is 2. The fraction of sp³-hybridized carbons (Fsp3) is 0.160. The molecule has 1 aliphatic rings. The quantitative estimate of drug-likeness (QED) is 0.449. The number of terminal acetylenes is 1. The summed E-state index contributed by atoms with van der Waals surface area (Å²) in [6.45, 7) is 1.83. The Morgan fingerprint density at radius 2 is 1.76 bits per heavy atom. The van der Waals surface area contributed by atoms with Crippen LogP contribution in [0.1, 0.15) is 12.5 Å². The summed E-state index contributed by atoms with van der Waals surface area (Å²) in [5.74, 6) is 1.65. The highest BCUT2D eigenvalue weighted by atomic mass is 16.5. The molecule has 1 aliphatic heterocycles. The largest absolute Gasteiger partial charge is 0.457 e. The molecule has 5 rings (SSSR count). The predicted molar refractivity (Wildman–Crippen MR) is 116 cm³/mol. The summed E-state index contributed by atoms with van der Waals surface area (Å²) in [5, 5.41) is 0. The van der Waals surface area contributed by atoms with Crippen molar-refractivity contribution < 1.29 is 4.74 Å². The number of para-hydroxylation sites is 1. The van der Waals surface area contributed by atoms with Crippen molar-refractivity contribution in [3.05, 3.63) is 79.1 Å². The molecule has 4 aromatic rings. The number of nitrogens with zero attached hydrogens (tertiary/aromatic N) is 3. The summed E-state index contributed by atoms with van der Waals surface area (Å²) in [7, 11) is 0. The van der Waals surface area contributed by atoms with Crippen molar-refractivity contribution in [2.45, 2.75) is 12.5 Å². The van der Waals surface area contributed by atoms with Crippen LogP contribution in [0.3, 0.4) is 0 Å². The van der Waals surface area contributed by atoms with E-state index >= 15 is 0 Å². The molecule has 0 N–H and O–H groups in total. The predicted octanol–water partition coefficient (Wildman–Crippen LogP) is 5.33. The van der Waals surface area contributed by atoms with Crippen LogP contribution in [-0.2, 0) is 0 Å². The van der Waals surface area contributed by atoms with E-state index in [0.29, 0.717) is 6.04 Å². The fourth-order valence-electron chi connectivity index (χ4n) is 3.93. The van der Waals surface area contributed by atoms with E-state index in [1.54, 1.807) is 0 Å². The molecule has 3 heterocycles. The molecule has 0 radical (unpaired) electrons. The van der Waals surface area contributed by atoms with Crippen LogP contribution < -0.4 is 4.74 Å².